The highest BCUT2D eigenvalue weighted by Gasteiger charge is 2.61. The van der Waals surface area contributed by atoms with E-state index in [-0.39, 0.29) is 17.4 Å². The maximum absolute atomic E-state index is 12.6. The molecule has 4 nitrogen and oxygen atoms in total. The number of hydrogen-bond donors (Lipinski definition) is 2. The van der Waals surface area contributed by atoms with Crippen molar-refractivity contribution in [1.29, 1.82) is 0 Å². The number of nitrogens with one attached hydrogen (secondary N) is 2. The van der Waals surface area contributed by atoms with Crippen molar-refractivity contribution in [2.45, 2.75) is 59.9 Å². The van der Waals surface area contributed by atoms with Crippen LogP contribution in [0.4, 0.5) is 0 Å². The number of aryl methyl sites for hydroxylation is 2. The second-order valence-electron chi connectivity index (χ2n) is 7.45. The molecule has 2 saturated carbocycles. The van der Waals surface area contributed by atoms with Crippen LogP contribution in [0.3, 0.4) is 0 Å². The molecule has 0 aromatic carbocycles. The maximum Gasteiger partial charge on any atom is 0.255 e. The molecule has 0 aliphatic heterocycles. The van der Waals surface area contributed by atoms with Crippen LogP contribution in [0.2, 0.25) is 0 Å². The first kappa shape index (κ1) is 13.7. The van der Waals surface area contributed by atoms with Crippen LogP contribution in [0.1, 0.15) is 61.8 Å². The van der Waals surface area contributed by atoms with Crippen molar-refractivity contribution in [2.75, 3.05) is 0 Å². The molecule has 1 amide bonds. The summed E-state index contributed by atoms with van der Waals surface area (Å²) in [6.07, 6.45) is 3.64. The molecule has 2 aliphatic carbocycles. The van der Waals surface area contributed by atoms with Crippen LogP contribution in [0.5, 0.6) is 0 Å². The quantitative estimate of drug-likeness (QED) is 0.871. The van der Waals surface area contributed by atoms with E-state index in [1.165, 1.54) is 12.8 Å². The summed E-state index contributed by atoms with van der Waals surface area (Å²) >= 11 is 0. The minimum atomic E-state index is 0.0309. The first-order chi connectivity index (χ1) is 9.27. The molecule has 3 unspecified atom stereocenters. The van der Waals surface area contributed by atoms with Crippen LogP contribution < -0.4 is 5.32 Å². The highest BCUT2D eigenvalue weighted by Crippen LogP contribution is 2.65. The SMILES string of the molecule is Cc1n[nH]c(C)c1C(=O)NC1CC2CCC1(C)C2(C)C. The fourth-order valence-corrected chi connectivity index (χ4v) is 4.54. The average Bonchev–Trinajstić information content (AvgIpc) is 2.87. The predicted octanol–water partition coefficient (Wildman–Crippen LogP) is 2.97. The number of aromatic amines is 1. The number of hydrogen-bond acceptors (Lipinski definition) is 2. The van der Waals surface area contributed by atoms with Crippen molar-refractivity contribution in [2.24, 2.45) is 16.7 Å². The Kier molecular flexibility index (Phi) is 2.79. The summed E-state index contributed by atoms with van der Waals surface area (Å²) in [5.41, 5.74) is 2.90. The Hall–Kier alpha value is -1.32. The Balaban J connectivity index is 1.82. The Labute approximate surface area is 120 Å². The second kappa shape index (κ2) is 4.09. The van der Waals surface area contributed by atoms with E-state index >= 15 is 0 Å². The Morgan fingerprint density at radius 2 is 2.05 bits per heavy atom. The fraction of sp³-hybridized carbons (Fsp3) is 0.750. The van der Waals surface area contributed by atoms with Gasteiger partial charge in [-0.3, -0.25) is 9.89 Å². The molecule has 2 aliphatic rings. The summed E-state index contributed by atoms with van der Waals surface area (Å²) in [5.74, 6) is 0.771. The van der Waals surface area contributed by atoms with E-state index in [0.29, 0.717) is 11.0 Å². The molecular formula is C16H25N3O. The minimum Gasteiger partial charge on any atom is -0.349 e. The molecule has 4 heteroatoms. The summed E-state index contributed by atoms with van der Waals surface area (Å²) < 4.78 is 0. The molecule has 3 atom stereocenters. The van der Waals surface area contributed by atoms with E-state index in [2.05, 4.69) is 36.3 Å². The highest BCUT2D eigenvalue weighted by atomic mass is 16.1. The molecule has 1 aromatic rings. The molecular weight excluding hydrogens is 250 g/mol. The highest BCUT2D eigenvalue weighted by molar-refractivity contribution is 5.96. The summed E-state index contributed by atoms with van der Waals surface area (Å²) in [5, 5.41) is 10.3. The number of amides is 1. The topological polar surface area (TPSA) is 57.8 Å². The van der Waals surface area contributed by atoms with Gasteiger partial charge in [0.25, 0.3) is 5.91 Å². The van der Waals surface area contributed by atoms with E-state index in [1.54, 1.807) is 0 Å². The molecule has 110 valence electrons. The van der Waals surface area contributed by atoms with Gasteiger partial charge in [0.15, 0.2) is 0 Å². The van der Waals surface area contributed by atoms with Gasteiger partial charge in [-0.25, -0.2) is 0 Å². The van der Waals surface area contributed by atoms with Crippen LogP contribution in [0.15, 0.2) is 0 Å². The van der Waals surface area contributed by atoms with Crippen LogP contribution >= 0.6 is 0 Å². The van der Waals surface area contributed by atoms with Crippen molar-refractivity contribution < 1.29 is 4.79 Å². The standard InChI is InChI=1S/C16H25N3O/c1-9-13(10(2)19-18-9)14(20)17-12-8-11-6-7-16(12,5)15(11,3)4/h11-12H,6-8H2,1-5H3,(H,17,20)(H,18,19). The largest absolute Gasteiger partial charge is 0.349 e. The Morgan fingerprint density at radius 1 is 1.35 bits per heavy atom. The third kappa shape index (κ3) is 1.60. The lowest BCUT2D eigenvalue weighted by molar-refractivity contribution is 0.0825. The molecule has 20 heavy (non-hydrogen) atoms. The normalized spacial score (nSPS) is 34.5. The van der Waals surface area contributed by atoms with Crippen molar-refractivity contribution in [3.63, 3.8) is 0 Å². The van der Waals surface area contributed by atoms with Gasteiger partial charge in [-0.15, -0.1) is 0 Å². The third-order valence-electron chi connectivity index (χ3n) is 6.45. The maximum atomic E-state index is 12.6. The van der Waals surface area contributed by atoms with E-state index in [0.717, 1.165) is 23.7 Å². The van der Waals surface area contributed by atoms with Gasteiger partial charge in [-0.1, -0.05) is 20.8 Å². The third-order valence-corrected chi connectivity index (χ3v) is 6.45. The molecule has 2 N–H and O–H groups in total. The summed E-state index contributed by atoms with van der Waals surface area (Å²) in [6, 6.07) is 0.289. The van der Waals surface area contributed by atoms with E-state index in [1.807, 2.05) is 13.8 Å². The number of aromatic nitrogens is 2. The lowest BCUT2D eigenvalue weighted by Crippen LogP contribution is -2.47. The molecule has 1 heterocycles. The zero-order chi connectivity index (χ0) is 14.7. The molecule has 2 bridgehead atoms. The molecule has 0 saturated heterocycles. The second-order valence-corrected chi connectivity index (χ2v) is 7.45. The van der Waals surface area contributed by atoms with Crippen molar-refractivity contribution in [3.05, 3.63) is 17.0 Å². The number of H-pyrrole nitrogens is 1. The molecule has 2 fully saturated rings. The molecule has 0 radical (unpaired) electrons. The summed E-state index contributed by atoms with van der Waals surface area (Å²) in [6.45, 7) is 10.9. The minimum absolute atomic E-state index is 0.0309. The molecule has 1 aromatic heterocycles. The van der Waals surface area contributed by atoms with E-state index in [4.69, 9.17) is 0 Å². The van der Waals surface area contributed by atoms with Crippen molar-refractivity contribution >= 4 is 5.91 Å². The van der Waals surface area contributed by atoms with Crippen molar-refractivity contribution in [3.8, 4) is 0 Å². The summed E-state index contributed by atoms with van der Waals surface area (Å²) in [7, 11) is 0. The monoisotopic (exact) mass is 275 g/mol. The van der Waals surface area contributed by atoms with Crippen LogP contribution in [0.25, 0.3) is 0 Å². The van der Waals surface area contributed by atoms with Gasteiger partial charge < -0.3 is 5.32 Å². The number of carbonyl (C=O) groups excluding carboxylic acids is 1. The molecule has 3 rings (SSSR count). The fourth-order valence-electron chi connectivity index (χ4n) is 4.54. The lowest BCUT2D eigenvalue weighted by Gasteiger charge is -2.39. The molecule has 0 spiro atoms. The number of nitrogens with zero attached hydrogens (tertiary/aromatic N) is 1. The number of fused-ring (bicyclic) bond motifs is 2. The van der Waals surface area contributed by atoms with E-state index in [9.17, 15) is 4.79 Å². The van der Waals surface area contributed by atoms with Gasteiger partial charge in [0.2, 0.25) is 0 Å². The Morgan fingerprint density at radius 3 is 2.50 bits per heavy atom. The van der Waals surface area contributed by atoms with Gasteiger partial charge in [-0.05, 0) is 49.9 Å². The lowest BCUT2D eigenvalue weighted by atomic mass is 9.69. The van der Waals surface area contributed by atoms with Gasteiger partial charge in [-0.2, -0.15) is 5.10 Å². The zero-order valence-electron chi connectivity index (χ0n) is 13.1. The van der Waals surface area contributed by atoms with Gasteiger partial charge in [0, 0.05) is 11.7 Å². The zero-order valence-corrected chi connectivity index (χ0v) is 13.1. The average molecular weight is 275 g/mol. The van der Waals surface area contributed by atoms with E-state index < -0.39 is 0 Å². The number of carbonyl (C=O) groups is 1. The summed E-state index contributed by atoms with van der Waals surface area (Å²) in [4.78, 5) is 12.6. The number of rotatable bonds is 2. The first-order valence-corrected chi connectivity index (χ1v) is 7.60. The van der Waals surface area contributed by atoms with Crippen LogP contribution in [-0.4, -0.2) is 22.1 Å². The van der Waals surface area contributed by atoms with Crippen LogP contribution in [0, 0.1) is 30.6 Å². The van der Waals surface area contributed by atoms with Crippen molar-refractivity contribution in [1.82, 2.24) is 15.5 Å². The Bertz CT molecular complexity index is 541. The van der Waals surface area contributed by atoms with Gasteiger partial charge >= 0.3 is 0 Å². The van der Waals surface area contributed by atoms with Gasteiger partial charge in [0.05, 0.1) is 11.3 Å². The smallest absolute Gasteiger partial charge is 0.255 e. The predicted molar refractivity (Wildman–Crippen MR) is 78.5 cm³/mol. The first-order valence-electron chi connectivity index (χ1n) is 7.60. The van der Waals surface area contributed by atoms with Crippen LogP contribution in [-0.2, 0) is 0 Å². The van der Waals surface area contributed by atoms with Gasteiger partial charge in [0.1, 0.15) is 0 Å².